The van der Waals surface area contributed by atoms with E-state index in [0.717, 1.165) is 11.1 Å². The first-order valence-corrected chi connectivity index (χ1v) is 8.00. The van der Waals surface area contributed by atoms with Crippen LogP contribution in [0.1, 0.15) is 0 Å². The smallest absolute Gasteiger partial charge is 0.169 e. The summed E-state index contributed by atoms with van der Waals surface area (Å²) in [6.45, 7) is 0. The number of aromatic nitrogens is 8. The lowest BCUT2D eigenvalue weighted by molar-refractivity contribution is 0.411. The maximum atomic E-state index is 6.59. The van der Waals surface area contributed by atoms with Gasteiger partial charge in [0.2, 0.25) is 0 Å². The summed E-state index contributed by atoms with van der Waals surface area (Å²) in [5.41, 5.74) is 1.51. The van der Waals surface area contributed by atoms with Crippen LogP contribution in [0.5, 0.6) is 0 Å². The van der Waals surface area contributed by atoms with Crippen molar-refractivity contribution >= 4 is 23.2 Å². The molecule has 10 heteroatoms. The predicted octanol–water partition coefficient (Wildman–Crippen LogP) is 2.59. The zero-order chi connectivity index (χ0) is 17.3. The van der Waals surface area contributed by atoms with Gasteiger partial charge in [0, 0.05) is 11.1 Å². The minimum absolute atomic E-state index is 0.389. The molecule has 2 heterocycles. The summed E-state index contributed by atoms with van der Waals surface area (Å²) in [4.78, 5) is 0. The van der Waals surface area contributed by atoms with Gasteiger partial charge in [-0.3, -0.25) is 0 Å². The van der Waals surface area contributed by atoms with Crippen molar-refractivity contribution in [2.75, 3.05) is 0 Å². The van der Waals surface area contributed by atoms with E-state index >= 15 is 0 Å². The van der Waals surface area contributed by atoms with Crippen molar-refractivity contribution in [1.29, 1.82) is 0 Å². The molecule has 0 unspecified atom stereocenters. The highest BCUT2D eigenvalue weighted by Gasteiger charge is 2.37. The number of hydrogen-bond donors (Lipinski definition) is 0. The van der Waals surface area contributed by atoms with Gasteiger partial charge in [0.05, 0.1) is 0 Å². The van der Waals surface area contributed by atoms with Crippen LogP contribution in [0.4, 0.5) is 0 Å². The SMILES string of the molecule is ClC(Cl)(n1nnnc1-c1ccccc1)n1nnnc1-c1ccccc1. The molecule has 0 fully saturated rings. The molecule has 0 N–H and O–H groups in total. The number of tetrazole rings is 2. The van der Waals surface area contributed by atoms with Gasteiger partial charge >= 0.3 is 4.58 Å². The highest BCUT2D eigenvalue weighted by molar-refractivity contribution is 6.45. The predicted molar refractivity (Wildman–Crippen MR) is 91.6 cm³/mol. The Morgan fingerprint density at radius 1 is 0.640 bits per heavy atom. The van der Waals surface area contributed by atoms with Crippen molar-refractivity contribution in [3.63, 3.8) is 0 Å². The van der Waals surface area contributed by atoms with E-state index in [1.54, 1.807) is 0 Å². The summed E-state index contributed by atoms with van der Waals surface area (Å²) in [5.74, 6) is 0.778. The van der Waals surface area contributed by atoms with Crippen LogP contribution in [0.2, 0.25) is 0 Å². The lowest BCUT2D eigenvalue weighted by Gasteiger charge is -2.21. The molecule has 0 spiro atoms. The van der Waals surface area contributed by atoms with Crippen molar-refractivity contribution in [2.24, 2.45) is 0 Å². The summed E-state index contributed by atoms with van der Waals surface area (Å²) >= 11 is 13.2. The van der Waals surface area contributed by atoms with Crippen molar-refractivity contribution in [3.05, 3.63) is 60.7 Å². The molecule has 0 radical (unpaired) electrons. The molecule has 0 bridgehead atoms. The van der Waals surface area contributed by atoms with E-state index in [2.05, 4.69) is 31.1 Å². The lowest BCUT2D eigenvalue weighted by Crippen LogP contribution is -2.33. The van der Waals surface area contributed by atoms with Gasteiger partial charge in [-0.05, 0) is 44.1 Å². The second kappa shape index (κ2) is 6.23. The van der Waals surface area contributed by atoms with Gasteiger partial charge in [-0.15, -0.1) is 10.2 Å². The van der Waals surface area contributed by atoms with Crippen molar-refractivity contribution in [3.8, 4) is 22.8 Å². The number of alkyl halides is 2. The second-order valence-corrected chi connectivity index (χ2v) is 6.32. The molecule has 25 heavy (non-hydrogen) atoms. The van der Waals surface area contributed by atoms with Gasteiger partial charge in [-0.1, -0.05) is 60.7 Å². The summed E-state index contributed by atoms with van der Waals surface area (Å²) in [6.07, 6.45) is 0. The summed E-state index contributed by atoms with van der Waals surface area (Å²) in [6, 6.07) is 18.6. The molecule has 2 aromatic carbocycles. The van der Waals surface area contributed by atoms with E-state index in [0.29, 0.717) is 11.6 Å². The number of hydrogen-bond acceptors (Lipinski definition) is 6. The molecule has 2 aromatic heterocycles. The van der Waals surface area contributed by atoms with E-state index in [-0.39, 0.29) is 0 Å². The Bertz CT molecular complexity index is 901. The molecule has 0 atom stereocenters. The van der Waals surface area contributed by atoms with Crippen molar-refractivity contribution in [1.82, 2.24) is 40.4 Å². The lowest BCUT2D eigenvalue weighted by atomic mass is 10.2. The van der Waals surface area contributed by atoms with E-state index < -0.39 is 4.58 Å². The van der Waals surface area contributed by atoms with Crippen LogP contribution in [0.25, 0.3) is 22.8 Å². The molecule has 0 aliphatic carbocycles. The number of rotatable bonds is 4. The van der Waals surface area contributed by atoms with Gasteiger partial charge in [-0.25, -0.2) is 0 Å². The first-order chi connectivity index (χ1) is 12.2. The van der Waals surface area contributed by atoms with Crippen molar-refractivity contribution < 1.29 is 0 Å². The Morgan fingerprint density at radius 3 is 1.44 bits per heavy atom. The monoisotopic (exact) mass is 372 g/mol. The largest absolute Gasteiger partial charge is 0.315 e. The van der Waals surface area contributed by atoms with E-state index in [1.807, 2.05) is 60.7 Å². The fourth-order valence-corrected chi connectivity index (χ4v) is 2.82. The molecule has 0 saturated carbocycles. The normalized spacial score (nSPS) is 11.6. The minimum atomic E-state index is -1.76. The highest BCUT2D eigenvalue weighted by atomic mass is 35.5. The van der Waals surface area contributed by atoms with Gasteiger partial charge < -0.3 is 0 Å². The third-order valence-corrected chi connectivity index (χ3v) is 4.15. The van der Waals surface area contributed by atoms with Crippen LogP contribution in [-0.2, 0) is 4.58 Å². The standard InChI is InChI=1S/C15H10Cl2N8/c16-15(17,24-13(18-20-22-24)11-7-3-1-4-8-11)25-14(19-21-23-25)12-9-5-2-6-10-12/h1-10H. The van der Waals surface area contributed by atoms with Crippen LogP contribution >= 0.6 is 23.2 Å². The first kappa shape index (κ1) is 15.7. The van der Waals surface area contributed by atoms with Gasteiger partial charge in [-0.2, -0.15) is 9.36 Å². The summed E-state index contributed by atoms with van der Waals surface area (Å²) in [7, 11) is 0. The zero-order valence-electron chi connectivity index (χ0n) is 12.6. The molecule has 4 aromatic rings. The molecule has 0 aliphatic heterocycles. The Kier molecular flexibility index (Phi) is 3.90. The van der Waals surface area contributed by atoms with Crippen LogP contribution in [0.3, 0.4) is 0 Å². The summed E-state index contributed by atoms with van der Waals surface area (Å²) in [5, 5.41) is 23.3. The molecular formula is C15H10Cl2N8. The van der Waals surface area contributed by atoms with Crippen LogP contribution in [0.15, 0.2) is 60.7 Å². The Balaban J connectivity index is 1.83. The Morgan fingerprint density at radius 2 is 1.04 bits per heavy atom. The average Bonchev–Trinajstić information content (AvgIpc) is 3.33. The van der Waals surface area contributed by atoms with E-state index in [1.165, 1.54) is 9.36 Å². The molecular weight excluding hydrogens is 363 g/mol. The fraction of sp³-hybridized carbons (Fsp3) is 0.0667. The third kappa shape index (κ3) is 2.75. The molecule has 0 saturated heterocycles. The fourth-order valence-electron chi connectivity index (χ4n) is 2.36. The number of halogens is 2. The van der Waals surface area contributed by atoms with Crippen LogP contribution in [0, 0.1) is 0 Å². The quantitative estimate of drug-likeness (QED) is 0.511. The van der Waals surface area contributed by atoms with Crippen LogP contribution in [-0.4, -0.2) is 40.4 Å². The zero-order valence-corrected chi connectivity index (χ0v) is 14.1. The van der Waals surface area contributed by atoms with Gasteiger partial charge in [0.15, 0.2) is 11.6 Å². The number of nitrogens with zero attached hydrogens (tertiary/aromatic N) is 8. The molecule has 0 amide bonds. The molecule has 8 nitrogen and oxygen atoms in total. The van der Waals surface area contributed by atoms with E-state index in [4.69, 9.17) is 23.2 Å². The molecule has 124 valence electrons. The molecule has 0 aliphatic rings. The highest BCUT2D eigenvalue weighted by Crippen LogP contribution is 2.34. The third-order valence-electron chi connectivity index (χ3n) is 3.51. The van der Waals surface area contributed by atoms with Gasteiger partial charge in [0.25, 0.3) is 0 Å². The van der Waals surface area contributed by atoms with Crippen LogP contribution < -0.4 is 0 Å². The minimum Gasteiger partial charge on any atom is -0.169 e. The summed E-state index contributed by atoms with van der Waals surface area (Å²) < 4.78 is 0.756. The van der Waals surface area contributed by atoms with Crippen molar-refractivity contribution in [2.45, 2.75) is 4.58 Å². The maximum Gasteiger partial charge on any atom is 0.315 e. The first-order valence-electron chi connectivity index (χ1n) is 7.24. The molecule has 4 rings (SSSR count). The van der Waals surface area contributed by atoms with Gasteiger partial charge in [0.1, 0.15) is 0 Å². The second-order valence-electron chi connectivity index (χ2n) is 5.07. The Labute approximate surface area is 152 Å². The topological polar surface area (TPSA) is 87.2 Å². The average molecular weight is 373 g/mol. The Hall–Kier alpha value is -2.84. The number of benzene rings is 2. The maximum absolute atomic E-state index is 6.59. The van der Waals surface area contributed by atoms with E-state index in [9.17, 15) is 0 Å².